The second-order valence-corrected chi connectivity index (χ2v) is 32.3. The summed E-state index contributed by atoms with van der Waals surface area (Å²) in [5, 5.41) is 10.6. The van der Waals surface area contributed by atoms with E-state index in [1.54, 1.807) is 0 Å². The van der Waals surface area contributed by atoms with Gasteiger partial charge >= 0.3 is 39.5 Å². The molecule has 0 aliphatic heterocycles. The van der Waals surface area contributed by atoms with Gasteiger partial charge in [-0.05, 0) is 31.6 Å². The summed E-state index contributed by atoms with van der Waals surface area (Å²) < 4.78 is 68.7. The molecule has 0 saturated heterocycles. The zero-order chi connectivity index (χ0) is 73.4. The molecular formula is C81H158O17P2. The summed E-state index contributed by atoms with van der Waals surface area (Å²) in [6.45, 7) is 7.32. The van der Waals surface area contributed by atoms with Crippen molar-refractivity contribution < 1.29 is 80.2 Å². The van der Waals surface area contributed by atoms with Crippen molar-refractivity contribution in [3.63, 3.8) is 0 Å². The smallest absolute Gasteiger partial charge is 0.462 e. The van der Waals surface area contributed by atoms with Gasteiger partial charge in [-0.2, -0.15) is 0 Å². The molecule has 17 nitrogen and oxygen atoms in total. The van der Waals surface area contributed by atoms with Crippen molar-refractivity contribution in [3.8, 4) is 0 Å². The highest BCUT2D eigenvalue weighted by atomic mass is 31.2. The fourth-order valence-corrected chi connectivity index (χ4v) is 14.1. The van der Waals surface area contributed by atoms with Gasteiger partial charge in [0.25, 0.3) is 0 Å². The molecule has 100 heavy (non-hydrogen) atoms. The van der Waals surface area contributed by atoms with Crippen LogP contribution < -0.4 is 0 Å². The second-order valence-electron chi connectivity index (χ2n) is 29.4. The number of hydrogen-bond donors (Lipinski definition) is 3. The monoisotopic (exact) mass is 1470 g/mol. The minimum Gasteiger partial charge on any atom is -0.462 e. The van der Waals surface area contributed by atoms with Crippen molar-refractivity contribution >= 4 is 39.5 Å². The maximum absolute atomic E-state index is 13.1. The molecule has 0 aliphatic rings. The number of carbonyl (C=O) groups excluding carboxylic acids is 4. The summed E-state index contributed by atoms with van der Waals surface area (Å²) in [4.78, 5) is 73.0. The van der Waals surface area contributed by atoms with Crippen molar-refractivity contribution in [2.45, 2.75) is 451 Å². The van der Waals surface area contributed by atoms with Crippen molar-refractivity contribution in [1.82, 2.24) is 0 Å². The number of esters is 4. The lowest BCUT2D eigenvalue weighted by Crippen LogP contribution is -2.30. The Hall–Kier alpha value is -1.94. The van der Waals surface area contributed by atoms with Crippen LogP contribution in [0.4, 0.5) is 0 Å². The fraction of sp³-hybridized carbons (Fsp3) is 0.951. The number of rotatable bonds is 81. The topological polar surface area (TPSA) is 237 Å². The molecule has 0 amide bonds. The maximum atomic E-state index is 13.1. The Bertz CT molecular complexity index is 1910. The third kappa shape index (κ3) is 73.0. The van der Waals surface area contributed by atoms with Crippen LogP contribution in [0.15, 0.2) is 0 Å². The number of aliphatic hydroxyl groups is 1. The Labute approximate surface area is 613 Å². The summed E-state index contributed by atoms with van der Waals surface area (Å²) in [6.07, 6.45) is 65.2. The van der Waals surface area contributed by atoms with Gasteiger partial charge in [0.15, 0.2) is 12.2 Å². The average Bonchev–Trinajstić information content (AvgIpc) is 1.04. The van der Waals surface area contributed by atoms with E-state index < -0.39 is 97.5 Å². The molecule has 0 radical (unpaired) electrons. The van der Waals surface area contributed by atoms with Crippen LogP contribution in [-0.2, 0) is 65.4 Å². The number of phosphoric ester groups is 2. The molecule has 3 N–H and O–H groups in total. The highest BCUT2D eigenvalue weighted by Gasteiger charge is 2.30. The molecular weight excluding hydrogens is 1310 g/mol. The number of hydrogen-bond acceptors (Lipinski definition) is 15. The minimum atomic E-state index is -4.96. The lowest BCUT2D eigenvalue weighted by molar-refractivity contribution is -0.161. The first kappa shape index (κ1) is 98.1. The van der Waals surface area contributed by atoms with Gasteiger partial charge in [0, 0.05) is 25.7 Å². The summed E-state index contributed by atoms with van der Waals surface area (Å²) in [6, 6.07) is 0. The molecule has 0 aromatic heterocycles. The van der Waals surface area contributed by atoms with E-state index >= 15 is 0 Å². The Kier molecular flexibility index (Phi) is 72.5. The molecule has 0 heterocycles. The van der Waals surface area contributed by atoms with Gasteiger partial charge in [-0.1, -0.05) is 381 Å². The number of unbranched alkanes of at least 4 members (excludes halogenated alkanes) is 52. The van der Waals surface area contributed by atoms with Crippen molar-refractivity contribution in [1.29, 1.82) is 0 Å². The van der Waals surface area contributed by atoms with Gasteiger partial charge in [0.2, 0.25) is 0 Å². The number of carbonyl (C=O) groups is 4. The van der Waals surface area contributed by atoms with Gasteiger partial charge in [-0.15, -0.1) is 0 Å². The van der Waals surface area contributed by atoms with Crippen LogP contribution in [0.2, 0.25) is 0 Å². The summed E-state index contributed by atoms with van der Waals surface area (Å²) in [7, 11) is -9.92. The van der Waals surface area contributed by atoms with Gasteiger partial charge < -0.3 is 33.8 Å². The quantitative estimate of drug-likeness (QED) is 0.0222. The van der Waals surface area contributed by atoms with Crippen LogP contribution in [0.1, 0.15) is 433 Å². The summed E-state index contributed by atoms with van der Waals surface area (Å²) >= 11 is 0. The molecule has 0 aromatic rings. The highest BCUT2D eigenvalue weighted by molar-refractivity contribution is 7.47. The van der Waals surface area contributed by atoms with E-state index in [-0.39, 0.29) is 25.7 Å². The number of phosphoric acid groups is 2. The highest BCUT2D eigenvalue weighted by Crippen LogP contribution is 2.45. The zero-order valence-electron chi connectivity index (χ0n) is 65.3. The number of aliphatic hydroxyl groups excluding tert-OH is 1. The fourth-order valence-electron chi connectivity index (χ4n) is 12.6. The van der Waals surface area contributed by atoms with Gasteiger partial charge in [-0.25, -0.2) is 9.13 Å². The van der Waals surface area contributed by atoms with Crippen LogP contribution in [0.25, 0.3) is 0 Å². The molecule has 6 atom stereocenters. The Morgan fingerprint density at radius 2 is 0.480 bits per heavy atom. The summed E-state index contributed by atoms with van der Waals surface area (Å²) in [5.74, 6) is -1.34. The van der Waals surface area contributed by atoms with Gasteiger partial charge in [0.1, 0.15) is 19.3 Å². The van der Waals surface area contributed by atoms with E-state index in [0.29, 0.717) is 25.7 Å². The van der Waals surface area contributed by atoms with Crippen LogP contribution in [0.5, 0.6) is 0 Å². The van der Waals surface area contributed by atoms with Crippen LogP contribution in [0.3, 0.4) is 0 Å². The lowest BCUT2D eigenvalue weighted by Gasteiger charge is -2.21. The normalized spacial score (nSPS) is 14.1. The average molecular weight is 1470 g/mol. The zero-order valence-corrected chi connectivity index (χ0v) is 67.1. The lowest BCUT2D eigenvalue weighted by atomic mass is 9.99. The van der Waals surface area contributed by atoms with E-state index in [4.69, 9.17) is 37.0 Å². The molecule has 19 heteroatoms. The largest absolute Gasteiger partial charge is 0.472 e. The van der Waals surface area contributed by atoms with Crippen molar-refractivity contribution in [2.24, 2.45) is 5.92 Å². The first-order valence-corrected chi connectivity index (χ1v) is 45.2. The molecule has 0 bridgehead atoms. The van der Waals surface area contributed by atoms with E-state index in [9.17, 15) is 43.2 Å². The third-order valence-corrected chi connectivity index (χ3v) is 21.3. The SMILES string of the molecule is CCCCCCCCCCCCCCCCCCCCCCCC(=O)O[C@H](COC(=O)CCCCCCCCCCCCCCCCCC)COP(=O)(O)OC[C@@H](O)COP(=O)(O)OC[C@@H](COC(=O)CCCCCCCCCCCCC)OC(=O)CCCCCCCCCCC(C)CC. The molecule has 0 aliphatic carbocycles. The molecule has 0 aromatic carbocycles. The van der Waals surface area contributed by atoms with Crippen molar-refractivity contribution in [3.05, 3.63) is 0 Å². The van der Waals surface area contributed by atoms with E-state index in [0.717, 1.165) is 95.8 Å². The first-order valence-electron chi connectivity index (χ1n) is 42.2. The maximum Gasteiger partial charge on any atom is 0.472 e. The van der Waals surface area contributed by atoms with E-state index in [1.807, 2.05) is 0 Å². The number of ether oxygens (including phenoxy) is 4. The molecule has 0 rings (SSSR count). The molecule has 0 spiro atoms. The van der Waals surface area contributed by atoms with Crippen molar-refractivity contribution in [2.75, 3.05) is 39.6 Å². The molecule has 0 fully saturated rings. The van der Waals surface area contributed by atoms with E-state index in [1.165, 1.54) is 257 Å². The first-order chi connectivity index (χ1) is 48.6. The predicted molar refractivity (Wildman–Crippen MR) is 409 cm³/mol. The van der Waals surface area contributed by atoms with Crippen LogP contribution >= 0.6 is 15.6 Å². The molecule has 594 valence electrons. The predicted octanol–water partition coefficient (Wildman–Crippen LogP) is 24.4. The minimum absolute atomic E-state index is 0.106. The van der Waals surface area contributed by atoms with E-state index in [2.05, 4.69) is 34.6 Å². The Morgan fingerprint density at radius 3 is 0.710 bits per heavy atom. The van der Waals surface area contributed by atoms with Gasteiger partial charge in [-0.3, -0.25) is 37.3 Å². The second kappa shape index (κ2) is 73.9. The molecule has 0 saturated carbocycles. The van der Waals surface area contributed by atoms with Gasteiger partial charge in [0.05, 0.1) is 26.4 Å². The van der Waals surface area contributed by atoms with Crippen LogP contribution in [0, 0.1) is 5.92 Å². The standard InChI is InChI=1S/C81H158O17P2/c1-6-10-13-16-19-22-25-27-29-31-32-33-34-35-37-39-42-45-51-56-61-66-80(85)97-76(70-92-79(84)65-60-55-50-44-41-38-36-30-28-26-23-20-17-14-11-7-2)72-95-99(87,88)93-68-75(82)69-94-100(89,90)96-73-77(71-91-78(83)64-59-54-49-43-40-24-21-18-15-12-8-3)98-81(86)67-62-57-52-47-46-48-53-58-63-74(5)9-4/h74-77,82H,6-73H2,1-5H3,(H,87,88)(H,89,90)/t74?,75-,76-,77-/m1/s1. The molecule has 3 unspecified atom stereocenters. The Morgan fingerprint density at radius 1 is 0.280 bits per heavy atom. The Balaban J connectivity index is 5.22. The third-order valence-electron chi connectivity index (χ3n) is 19.4. The summed E-state index contributed by atoms with van der Waals surface area (Å²) in [5.41, 5.74) is 0. The van der Waals surface area contributed by atoms with Crippen LogP contribution in [-0.4, -0.2) is 96.7 Å².